The van der Waals surface area contributed by atoms with Gasteiger partial charge in [-0.3, -0.25) is 4.79 Å². The van der Waals surface area contributed by atoms with Gasteiger partial charge in [-0.25, -0.2) is 4.39 Å². The van der Waals surface area contributed by atoms with E-state index in [9.17, 15) is 22.4 Å². The first-order valence-electron chi connectivity index (χ1n) is 5.12. The molecule has 1 amide bonds. The second kappa shape index (κ2) is 4.53. The minimum absolute atomic E-state index is 0.0543. The molecule has 0 radical (unpaired) electrons. The van der Waals surface area contributed by atoms with Crippen LogP contribution in [0.1, 0.15) is 15.9 Å². The highest BCUT2D eigenvalue weighted by Gasteiger charge is 2.36. The monoisotopic (exact) mass is 325 g/mol. The second-order valence-corrected chi connectivity index (χ2v) is 4.93. The van der Waals surface area contributed by atoms with Crippen LogP contribution in [0.15, 0.2) is 16.6 Å². The van der Waals surface area contributed by atoms with E-state index < -0.39 is 24.4 Å². The number of amides is 1. The highest BCUT2D eigenvalue weighted by Crippen LogP contribution is 2.27. The van der Waals surface area contributed by atoms with Crippen molar-refractivity contribution in [3.8, 4) is 0 Å². The summed E-state index contributed by atoms with van der Waals surface area (Å²) in [6, 6.07) is 2.63. The van der Waals surface area contributed by atoms with Crippen molar-refractivity contribution in [2.45, 2.75) is 12.6 Å². The van der Waals surface area contributed by atoms with Gasteiger partial charge in [0.25, 0.3) is 5.91 Å². The molecule has 0 saturated heterocycles. The number of fused-ring (bicyclic) bond motifs is 1. The molecule has 1 aliphatic rings. The van der Waals surface area contributed by atoms with E-state index in [1.54, 1.807) is 6.07 Å². The van der Waals surface area contributed by atoms with Gasteiger partial charge >= 0.3 is 6.18 Å². The Morgan fingerprint density at radius 2 is 2.00 bits per heavy atom. The lowest BCUT2D eigenvalue weighted by Crippen LogP contribution is -2.43. The number of nitrogens with zero attached hydrogens (tertiary/aromatic N) is 1. The largest absolute Gasteiger partial charge is 0.406 e. The third-order valence-corrected chi connectivity index (χ3v) is 3.12. The van der Waals surface area contributed by atoms with Gasteiger partial charge in [-0.15, -0.1) is 0 Å². The van der Waals surface area contributed by atoms with E-state index in [0.29, 0.717) is 14.9 Å². The molecule has 1 heterocycles. The molecule has 0 unspecified atom stereocenters. The zero-order valence-corrected chi connectivity index (χ0v) is 10.6. The summed E-state index contributed by atoms with van der Waals surface area (Å²) in [5, 5.41) is 0. The second-order valence-electron chi connectivity index (χ2n) is 4.01. The van der Waals surface area contributed by atoms with Gasteiger partial charge in [0, 0.05) is 11.0 Å². The van der Waals surface area contributed by atoms with Crippen molar-refractivity contribution in [2.24, 2.45) is 0 Å². The molecule has 18 heavy (non-hydrogen) atoms. The Bertz CT molecular complexity index is 501. The first-order valence-corrected chi connectivity index (χ1v) is 5.91. The Morgan fingerprint density at radius 3 is 2.61 bits per heavy atom. The summed E-state index contributed by atoms with van der Waals surface area (Å²) in [6.07, 6.45) is -4.26. The molecule has 0 aliphatic carbocycles. The van der Waals surface area contributed by atoms with Crippen LogP contribution in [0, 0.1) is 5.82 Å². The van der Waals surface area contributed by atoms with Crippen LogP contribution in [0.25, 0.3) is 0 Å². The Balaban J connectivity index is 2.34. The van der Waals surface area contributed by atoms with E-state index >= 15 is 0 Å². The molecule has 1 aliphatic heterocycles. The molecule has 1 aromatic rings. The standard InChI is InChI=1S/C11H8BrF4NO/c12-7-3-6-1-2-17(5-11(14,15)16)10(18)9(6)8(13)4-7/h3-4H,1-2,5H2. The van der Waals surface area contributed by atoms with Gasteiger partial charge in [0.15, 0.2) is 0 Å². The molecule has 2 rings (SSSR count). The molecule has 0 N–H and O–H groups in total. The fraction of sp³-hybridized carbons (Fsp3) is 0.364. The minimum atomic E-state index is -4.47. The average Bonchev–Trinajstić information content (AvgIpc) is 2.19. The SMILES string of the molecule is O=C1c2c(F)cc(Br)cc2CCN1CC(F)(F)F. The van der Waals surface area contributed by atoms with Crippen molar-refractivity contribution in [3.63, 3.8) is 0 Å². The van der Waals surface area contributed by atoms with Crippen molar-refractivity contribution in [1.82, 2.24) is 4.90 Å². The number of benzene rings is 1. The van der Waals surface area contributed by atoms with Crippen LogP contribution < -0.4 is 0 Å². The van der Waals surface area contributed by atoms with Crippen molar-refractivity contribution in [1.29, 1.82) is 0 Å². The number of alkyl halides is 3. The Labute approximate surface area is 109 Å². The summed E-state index contributed by atoms with van der Waals surface area (Å²) in [6.45, 7) is -1.40. The van der Waals surface area contributed by atoms with E-state index in [-0.39, 0.29) is 18.5 Å². The van der Waals surface area contributed by atoms with E-state index in [2.05, 4.69) is 15.9 Å². The maximum Gasteiger partial charge on any atom is 0.406 e. The fourth-order valence-corrected chi connectivity index (χ4v) is 2.42. The van der Waals surface area contributed by atoms with Gasteiger partial charge in [0.2, 0.25) is 0 Å². The molecule has 0 saturated carbocycles. The fourth-order valence-electron chi connectivity index (χ4n) is 1.95. The van der Waals surface area contributed by atoms with Crippen LogP contribution in [-0.4, -0.2) is 30.1 Å². The summed E-state index contributed by atoms with van der Waals surface area (Å²) in [7, 11) is 0. The van der Waals surface area contributed by atoms with Crippen LogP contribution in [0.4, 0.5) is 17.6 Å². The van der Waals surface area contributed by atoms with E-state index in [1.165, 1.54) is 0 Å². The molecule has 0 aromatic heterocycles. The van der Waals surface area contributed by atoms with Crippen LogP contribution in [0.3, 0.4) is 0 Å². The van der Waals surface area contributed by atoms with Gasteiger partial charge in [0.05, 0.1) is 5.56 Å². The predicted octanol–water partition coefficient (Wildman–Crippen LogP) is 3.15. The zero-order chi connectivity index (χ0) is 13.5. The van der Waals surface area contributed by atoms with Gasteiger partial charge in [-0.1, -0.05) is 15.9 Å². The minimum Gasteiger partial charge on any atom is -0.329 e. The maximum absolute atomic E-state index is 13.6. The van der Waals surface area contributed by atoms with E-state index in [4.69, 9.17) is 0 Å². The quantitative estimate of drug-likeness (QED) is 0.726. The zero-order valence-electron chi connectivity index (χ0n) is 9.02. The lowest BCUT2D eigenvalue weighted by Gasteiger charge is -2.29. The normalized spacial score (nSPS) is 15.8. The molecule has 0 bridgehead atoms. The average molecular weight is 326 g/mol. The molecule has 0 atom stereocenters. The van der Waals surface area contributed by atoms with Crippen LogP contribution in [0.5, 0.6) is 0 Å². The summed E-state index contributed by atoms with van der Waals surface area (Å²) < 4.78 is 50.9. The third kappa shape index (κ3) is 2.66. The summed E-state index contributed by atoms with van der Waals surface area (Å²) in [4.78, 5) is 12.4. The molecule has 0 fully saturated rings. The first-order chi connectivity index (χ1) is 8.28. The summed E-state index contributed by atoms with van der Waals surface area (Å²) in [5.41, 5.74) is 0.180. The maximum atomic E-state index is 13.6. The number of carbonyl (C=O) groups is 1. The Kier molecular flexibility index (Phi) is 3.35. The molecular formula is C11H8BrF4NO. The van der Waals surface area contributed by atoms with E-state index in [1.807, 2.05) is 0 Å². The number of halogens is 5. The van der Waals surface area contributed by atoms with Gasteiger partial charge in [0.1, 0.15) is 12.4 Å². The van der Waals surface area contributed by atoms with Crippen LogP contribution in [0.2, 0.25) is 0 Å². The topological polar surface area (TPSA) is 20.3 Å². The van der Waals surface area contributed by atoms with Crippen molar-refractivity contribution >= 4 is 21.8 Å². The van der Waals surface area contributed by atoms with Crippen molar-refractivity contribution in [3.05, 3.63) is 33.5 Å². The lowest BCUT2D eigenvalue weighted by molar-refractivity contribution is -0.141. The van der Waals surface area contributed by atoms with Gasteiger partial charge in [-0.05, 0) is 24.1 Å². The number of hydrogen-bond acceptors (Lipinski definition) is 1. The smallest absolute Gasteiger partial charge is 0.329 e. The molecule has 2 nitrogen and oxygen atoms in total. The highest BCUT2D eigenvalue weighted by atomic mass is 79.9. The summed E-state index contributed by atoms with van der Waals surface area (Å²) in [5.74, 6) is -1.70. The Hall–Kier alpha value is -1.11. The van der Waals surface area contributed by atoms with Gasteiger partial charge < -0.3 is 4.90 Å². The molecular weight excluding hydrogens is 318 g/mol. The molecule has 98 valence electrons. The number of carbonyl (C=O) groups excluding carboxylic acids is 1. The third-order valence-electron chi connectivity index (χ3n) is 2.66. The van der Waals surface area contributed by atoms with Crippen LogP contribution in [-0.2, 0) is 6.42 Å². The highest BCUT2D eigenvalue weighted by molar-refractivity contribution is 9.10. The molecule has 1 aromatic carbocycles. The van der Waals surface area contributed by atoms with Crippen molar-refractivity contribution < 1.29 is 22.4 Å². The van der Waals surface area contributed by atoms with Crippen LogP contribution >= 0.6 is 15.9 Å². The van der Waals surface area contributed by atoms with E-state index in [0.717, 1.165) is 6.07 Å². The molecule has 7 heteroatoms. The Morgan fingerprint density at radius 1 is 1.33 bits per heavy atom. The summed E-state index contributed by atoms with van der Waals surface area (Å²) >= 11 is 3.08. The predicted molar refractivity (Wildman–Crippen MR) is 59.8 cm³/mol. The van der Waals surface area contributed by atoms with Crippen molar-refractivity contribution in [2.75, 3.05) is 13.1 Å². The number of rotatable bonds is 1. The number of hydrogen-bond donors (Lipinski definition) is 0. The lowest BCUT2D eigenvalue weighted by atomic mass is 9.98. The first kappa shape index (κ1) is 13.3. The molecule has 0 spiro atoms. The van der Waals surface area contributed by atoms with Gasteiger partial charge in [-0.2, -0.15) is 13.2 Å².